The van der Waals surface area contributed by atoms with Crippen LogP contribution in [0, 0.1) is 19.8 Å². The molecular formula is C34H43N3O4S. The Kier molecular flexibility index (Phi) is 9.87. The lowest BCUT2D eigenvalue weighted by atomic mass is 9.94. The van der Waals surface area contributed by atoms with Crippen LogP contribution in [0.2, 0.25) is 0 Å². The van der Waals surface area contributed by atoms with Crippen molar-refractivity contribution in [2.24, 2.45) is 5.92 Å². The molecule has 7 nitrogen and oxygen atoms in total. The van der Waals surface area contributed by atoms with E-state index in [1.54, 1.807) is 37.4 Å². The molecule has 4 rings (SSSR count). The summed E-state index contributed by atoms with van der Waals surface area (Å²) in [5.41, 5.74) is 2.74. The molecule has 4 unspecified atom stereocenters. The van der Waals surface area contributed by atoms with Crippen LogP contribution in [-0.4, -0.2) is 52.5 Å². The molecule has 0 aliphatic heterocycles. The molecule has 3 aromatic rings. The number of rotatable bonds is 10. The van der Waals surface area contributed by atoms with Gasteiger partial charge >= 0.3 is 6.09 Å². The molecule has 224 valence electrons. The molecule has 2 N–H and O–H groups in total. The highest BCUT2D eigenvalue weighted by molar-refractivity contribution is 7.98. The standard InChI is InChI=1S/C34H43N3O4S/c1-21-11-10-14-27(23(21)3)30(31(38)35-26-16-15-24-12-8-9-13-25(24)20-26)37(29-19-22(29)2)32(39)28(17-18-42-7)36-33(40)41-34(4,5)6/h8-16,20,22,28-30H,17-19H2,1-7H3,(H,35,38)(H,36,40). The second-order valence-corrected chi connectivity index (χ2v) is 13.2. The molecule has 42 heavy (non-hydrogen) atoms. The summed E-state index contributed by atoms with van der Waals surface area (Å²) < 4.78 is 5.51. The average molecular weight is 590 g/mol. The molecule has 1 saturated carbocycles. The van der Waals surface area contributed by atoms with E-state index in [4.69, 9.17) is 4.74 Å². The molecule has 8 heteroatoms. The summed E-state index contributed by atoms with van der Waals surface area (Å²) in [6, 6.07) is 17.8. The van der Waals surface area contributed by atoms with Crippen LogP contribution in [-0.2, 0) is 14.3 Å². The Morgan fingerprint density at radius 3 is 2.36 bits per heavy atom. The van der Waals surface area contributed by atoms with Gasteiger partial charge in [0, 0.05) is 11.7 Å². The van der Waals surface area contributed by atoms with Crippen LogP contribution < -0.4 is 10.6 Å². The maximum absolute atomic E-state index is 14.5. The summed E-state index contributed by atoms with van der Waals surface area (Å²) in [5.74, 6) is 0.339. The zero-order valence-electron chi connectivity index (χ0n) is 25.7. The first-order valence-electron chi connectivity index (χ1n) is 14.6. The van der Waals surface area contributed by atoms with E-state index in [1.807, 2.05) is 80.8 Å². The largest absolute Gasteiger partial charge is 0.444 e. The average Bonchev–Trinajstić information content (AvgIpc) is 3.65. The highest BCUT2D eigenvalue weighted by Gasteiger charge is 2.48. The maximum Gasteiger partial charge on any atom is 0.408 e. The van der Waals surface area contributed by atoms with E-state index in [0.29, 0.717) is 17.9 Å². The van der Waals surface area contributed by atoms with Crippen LogP contribution in [0.5, 0.6) is 0 Å². The lowest BCUT2D eigenvalue weighted by molar-refractivity contribution is -0.141. The number of anilines is 1. The van der Waals surface area contributed by atoms with Crippen LogP contribution in [0.25, 0.3) is 10.8 Å². The number of thioether (sulfide) groups is 1. The van der Waals surface area contributed by atoms with Gasteiger partial charge in [-0.25, -0.2) is 4.79 Å². The fourth-order valence-corrected chi connectivity index (χ4v) is 5.73. The van der Waals surface area contributed by atoms with Gasteiger partial charge in [-0.1, -0.05) is 55.5 Å². The predicted molar refractivity (Wildman–Crippen MR) is 172 cm³/mol. The van der Waals surface area contributed by atoms with Gasteiger partial charge in [-0.15, -0.1) is 0 Å². The number of nitrogens with zero attached hydrogens (tertiary/aromatic N) is 1. The summed E-state index contributed by atoms with van der Waals surface area (Å²) in [4.78, 5) is 43.4. The molecule has 0 radical (unpaired) electrons. The van der Waals surface area contributed by atoms with Crippen molar-refractivity contribution < 1.29 is 19.1 Å². The molecule has 1 aliphatic carbocycles. The number of fused-ring (bicyclic) bond motifs is 1. The summed E-state index contributed by atoms with van der Waals surface area (Å²) in [6.07, 6.45) is 2.53. The summed E-state index contributed by atoms with van der Waals surface area (Å²) in [7, 11) is 0. The van der Waals surface area contributed by atoms with Crippen LogP contribution in [0.15, 0.2) is 60.7 Å². The maximum atomic E-state index is 14.5. The smallest absolute Gasteiger partial charge is 0.408 e. The van der Waals surface area contributed by atoms with Crippen molar-refractivity contribution >= 4 is 46.1 Å². The van der Waals surface area contributed by atoms with E-state index in [-0.39, 0.29) is 23.8 Å². The molecule has 3 aromatic carbocycles. The molecule has 0 saturated heterocycles. The molecular weight excluding hydrogens is 546 g/mol. The Balaban J connectivity index is 1.74. The van der Waals surface area contributed by atoms with E-state index in [2.05, 4.69) is 17.6 Å². The van der Waals surface area contributed by atoms with Crippen LogP contribution >= 0.6 is 11.8 Å². The monoisotopic (exact) mass is 589 g/mol. The number of carbonyl (C=O) groups is 3. The Hall–Kier alpha value is -3.52. The molecule has 1 aliphatic rings. The molecule has 0 bridgehead atoms. The van der Waals surface area contributed by atoms with E-state index in [9.17, 15) is 14.4 Å². The van der Waals surface area contributed by atoms with Gasteiger partial charge in [0.25, 0.3) is 5.91 Å². The predicted octanol–water partition coefficient (Wildman–Crippen LogP) is 7.02. The van der Waals surface area contributed by atoms with Crippen molar-refractivity contribution in [2.75, 3.05) is 17.3 Å². The first kappa shape index (κ1) is 31.4. The van der Waals surface area contributed by atoms with E-state index in [1.165, 1.54) is 0 Å². The number of benzene rings is 3. The number of carbonyl (C=O) groups excluding carboxylic acids is 3. The Morgan fingerprint density at radius 1 is 1.02 bits per heavy atom. The summed E-state index contributed by atoms with van der Waals surface area (Å²) in [6.45, 7) is 11.5. The van der Waals surface area contributed by atoms with E-state index in [0.717, 1.165) is 33.9 Å². The number of aryl methyl sites for hydroxylation is 1. The summed E-state index contributed by atoms with van der Waals surface area (Å²) >= 11 is 1.60. The SMILES string of the molecule is CSCCC(NC(=O)OC(C)(C)C)C(=O)N(C(C(=O)Nc1ccc2ccccc2c1)c1cccc(C)c1C)C1CC1C. The second-order valence-electron chi connectivity index (χ2n) is 12.2. The molecule has 0 heterocycles. The van der Waals surface area contributed by atoms with Gasteiger partial charge in [0.2, 0.25) is 5.91 Å². The molecule has 3 amide bonds. The van der Waals surface area contributed by atoms with E-state index < -0.39 is 23.8 Å². The van der Waals surface area contributed by atoms with Gasteiger partial charge in [0.05, 0.1) is 0 Å². The van der Waals surface area contributed by atoms with Crippen molar-refractivity contribution in [3.8, 4) is 0 Å². The quantitative estimate of drug-likeness (QED) is 0.265. The first-order valence-corrected chi connectivity index (χ1v) is 16.0. The minimum atomic E-state index is -0.879. The van der Waals surface area contributed by atoms with Crippen molar-refractivity contribution in [1.82, 2.24) is 10.2 Å². The Bertz CT molecular complexity index is 1450. The number of amides is 3. The zero-order chi connectivity index (χ0) is 30.6. The normalized spacial score (nSPS) is 17.7. The third-order valence-electron chi connectivity index (χ3n) is 7.76. The molecule has 0 spiro atoms. The van der Waals surface area contributed by atoms with E-state index >= 15 is 0 Å². The third kappa shape index (κ3) is 7.65. The highest BCUT2D eigenvalue weighted by Crippen LogP contribution is 2.42. The van der Waals surface area contributed by atoms with Gasteiger partial charge in [-0.05, 0) is 105 Å². The minimum Gasteiger partial charge on any atom is -0.444 e. The third-order valence-corrected chi connectivity index (χ3v) is 8.41. The molecule has 0 aromatic heterocycles. The minimum absolute atomic E-state index is 0.123. The van der Waals surface area contributed by atoms with Gasteiger partial charge in [0.15, 0.2) is 0 Å². The van der Waals surface area contributed by atoms with Gasteiger partial charge in [0.1, 0.15) is 17.7 Å². The van der Waals surface area contributed by atoms with Gasteiger partial charge in [-0.2, -0.15) is 11.8 Å². The lowest BCUT2D eigenvalue weighted by Gasteiger charge is -2.36. The number of hydrogen-bond acceptors (Lipinski definition) is 5. The fraction of sp³-hybridized carbons (Fsp3) is 0.441. The second kappa shape index (κ2) is 13.2. The van der Waals surface area contributed by atoms with Crippen LogP contribution in [0.1, 0.15) is 63.3 Å². The van der Waals surface area contributed by atoms with Crippen molar-refractivity contribution in [3.05, 3.63) is 77.4 Å². The van der Waals surface area contributed by atoms with Gasteiger partial charge < -0.3 is 20.3 Å². The first-order chi connectivity index (χ1) is 19.9. The lowest BCUT2D eigenvalue weighted by Crippen LogP contribution is -2.53. The number of alkyl carbamates (subject to hydrolysis) is 1. The van der Waals surface area contributed by atoms with Gasteiger partial charge in [-0.3, -0.25) is 9.59 Å². The topological polar surface area (TPSA) is 87.7 Å². The van der Waals surface area contributed by atoms with Crippen molar-refractivity contribution in [2.45, 2.75) is 78.1 Å². The Morgan fingerprint density at radius 2 is 1.71 bits per heavy atom. The zero-order valence-corrected chi connectivity index (χ0v) is 26.5. The number of nitrogens with one attached hydrogen (secondary N) is 2. The molecule has 4 atom stereocenters. The summed E-state index contributed by atoms with van der Waals surface area (Å²) in [5, 5.41) is 8.04. The number of hydrogen-bond donors (Lipinski definition) is 2. The van der Waals surface area contributed by atoms with Crippen molar-refractivity contribution in [3.63, 3.8) is 0 Å². The van der Waals surface area contributed by atoms with Crippen molar-refractivity contribution in [1.29, 1.82) is 0 Å². The number of ether oxygens (including phenoxy) is 1. The van der Waals surface area contributed by atoms with Crippen LogP contribution in [0.3, 0.4) is 0 Å². The molecule has 1 fully saturated rings. The highest BCUT2D eigenvalue weighted by atomic mass is 32.2. The fourth-order valence-electron chi connectivity index (χ4n) is 5.26. The Labute approximate surface area is 253 Å². The van der Waals surface area contributed by atoms with Crippen LogP contribution in [0.4, 0.5) is 10.5 Å².